The molecule has 2 aromatic rings. The summed E-state index contributed by atoms with van der Waals surface area (Å²) in [5, 5.41) is 23.3. The number of hydrogen-bond acceptors (Lipinski definition) is 7. The number of benzene rings is 2. The highest BCUT2D eigenvalue weighted by molar-refractivity contribution is 6.46. The second kappa shape index (κ2) is 10.4. The number of rotatable bonds is 8. The van der Waals surface area contributed by atoms with Crippen LogP contribution in [0.1, 0.15) is 27.5 Å². The molecule has 8 nitrogen and oxygen atoms in total. The lowest BCUT2D eigenvalue weighted by molar-refractivity contribution is -0.139. The molecule has 1 atom stereocenters. The lowest BCUT2D eigenvalue weighted by atomic mass is 9.94. The molecule has 1 saturated heterocycles. The number of carbonyl (C=O) groups is 3. The Morgan fingerprint density at radius 3 is 2.28 bits per heavy atom. The Bertz CT molecular complexity index is 1030. The van der Waals surface area contributed by atoms with E-state index in [4.69, 9.17) is 21.4 Å². The first kappa shape index (κ1) is 23.5. The number of carbonyl (C=O) groups excluding carboxylic acids is 3. The van der Waals surface area contributed by atoms with Crippen LogP contribution in [0.4, 0.5) is 0 Å². The molecule has 32 heavy (non-hydrogen) atoms. The van der Waals surface area contributed by atoms with Crippen molar-refractivity contribution >= 4 is 35.0 Å². The lowest BCUT2D eigenvalue weighted by Gasteiger charge is -2.25. The van der Waals surface area contributed by atoms with Crippen LogP contribution in [-0.4, -0.2) is 66.1 Å². The molecule has 0 aliphatic carbocycles. The number of Topliss-reactive ketones (excluding diaryl/α,β-unsaturated/α-hetero) is 1. The van der Waals surface area contributed by atoms with E-state index in [2.05, 4.69) is 5.32 Å². The van der Waals surface area contributed by atoms with Crippen molar-refractivity contribution < 1.29 is 29.3 Å². The third kappa shape index (κ3) is 4.83. The van der Waals surface area contributed by atoms with Crippen LogP contribution in [-0.2, 0) is 14.3 Å². The number of nitrogens with one attached hydrogen (secondary N) is 1. The first-order chi connectivity index (χ1) is 15.4. The maximum Gasteiger partial charge on any atom is 0.337 e. The highest BCUT2D eigenvalue weighted by Gasteiger charge is 2.45. The zero-order valence-corrected chi connectivity index (χ0v) is 18.1. The molecule has 0 spiro atoms. The van der Waals surface area contributed by atoms with Gasteiger partial charge in [0, 0.05) is 30.2 Å². The molecule has 1 aliphatic heterocycles. The first-order valence-electron chi connectivity index (χ1n) is 9.93. The molecule has 0 saturated carbocycles. The molecule has 2 aromatic carbocycles. The smallest absolute Gasteiger partial charge is 0.337 e. The van der Waals surface area contributed by atoms with Gasteiger partial charge < -0.3 is 25.2 Å². The third-order valence-electron chi connectivity index (χ3n) is 5.12. The summed E-state index contributed by atoms with van der Waals surface area (Å²) >= 11 is 5.92. The normalized spacial score (nSPS) is 17.6. The van der Waals surface area contributed by atoms with Gasteiger partial charge >= 0.3 is 5.97 Å². The number of ether oxygens (including phenoxy) is 1. The maximum absolute atomic E-state index is 12.9. The van der Waals surface area contributed by atoms with E-state index in [0.29, 0.717) is 34.8 Å². The molecule has 3 N–H and O–H groups in total. The second-order valence-electron chi connectivity index (χ2n) is 7.09. The molecule has 1 amide bonds. The minimum absolute atomic E-state index is 0.0506. The molecule has 168 valence electrons. The minimum atomic E-state index is -0.853. The van der Waals surface area contributed by atoms with Crippen LogP contribution >= 0.6 is 11.6 Å². The van der Waals surface area contributed by atoms with Gasteiger partial charge in [-0.05, 0) is 42.0 Å². The molecule has 0 radical (unpaired) electrons. The zero-order valence-electron chi connectivity index (χ0n) is 17.4. The molecule has 1 aliphatic rings. The molecular formula is C23H23ClN2O6. The van der Waals surface area contributed by atoms with E-state index in [-0.39, 0.29) is 24.5 Å². The van der Waals surface area contributed by atoms with Crippen LogP contribution < -0.4 is 5.32 Å². The van der Waals surface area contributed by atoms with Crippen LogP contribution in [0.25, 0.3) is 5.76 Å². The number of nitrogens with zero attached hydrogens (tertiary/aromatic N) is 1. The maximum atomic E-state index is 12.9. The van der Waals surface area contributed by atoms with Gasteiger partial charge in [-0.15, -0.1) is 0 Å². The molecule has 0 bridgehead atoms. The van der Waals surface area contributed by atoms with Gasteiger partial charge in [-0.25, -0.2) is 4.79 Å². The molecule has 3 rings (SSSR count). The Morgan fingerprint density at radius 2 is 1.69 bits per heavy atom. The van der Waals surface area contributed by atoms with Crippen molar-refractivity contribution in [1.29, 1.82) is 0 Å². The number of halogens is 1. The van der Waals surface area contributed by atoms with Gasteiger partial charge in [0.05, 0.1) is 30.9 Å². The lowest BCUT2D eigenvalue weighted by Crippen LogP contribution is -2.36. The molecule has 0 unspecified atom stereocenters. The van der Waals surface area contributed by atoms with Crippen LogP contribution in [0.5, 0.6) is 0 Å². The van der Waals surface area contributed by atoms with Crippen LogP contribution in [0, 0.1) is 0 Å². The predicted octanol–water partition coefficient (Wildman–Crippen LogP) is 2.13. The van der Waals surface area contributed by atoms with Gasteiger partial charge in [-0.2, -0.15) is 0 Å². The molecule has 1 heterocycles. The number of methoxy groups -OCH3 is 1. The van der Waals surface area contributed by atoms with Crippen molar-refractivity contribution in [2.45, 2.75) is 6.04 Å². The highest BCUT2D eigenvalue weighted by Crippen LogP contribution is 2.39. The van der Waals surface area contributed by atoms with Gasteiger partial charge in [0.15, 0.2) is 0 Å². The van der Waals surface area contributed by atoms with E-state index in [1.165, 1.54) is 24.1 Å². The quantitative estimate of drug-likeness (QED) is 0.182. The summed E-state index contributed by atoms with van der Waals surface area (Å²) < 4.78 is 4.71. The largest absolute Gasteiger partial charge is 0.507 e. The molecule has 9 heteroatoms. The number of amides is 1. The predicted molar refractivity (Wildman–Crippen MR) is 118 cm³/mol. The summed E-state index contributed by atoms with van der Waals surface area (Å²) in [7, 11) is 1.27. The van der Waals surface area contributed by atoms with Crippen LogP contribution in [0.15, 0.2) is 54.1 Å². The Kier molecular flexibility index (Phi) is 7.63. The highest BCUT2D eigenvalue weighted by atomic mass is 35.5. The summed E-state index contributed by atoms with van der Waals surface area (Å²) in [6.45, 7) is 0.789. The van der Waals surface area contributed by atoms with Crippen molar-refractivity contribution in [2.24, 2.45) is 0 Å². The number of ketones is 1. The molecule has 1 fully saturated rings. The summed E-state index contributed by atoms with van der Waals surface area (Å²) in [5.74, 6) is -2.37. The summed E-state index contributed by atoms with van der Waals surface area (Å²) in [5.41, 5.74) is 1.16. The average Bonchev–Trinajstić information content (AvgIpc) is 3.06. The third-order valence-corrected chi connectivity index (χ3v) is 5.38. The Labute approximate surface area is 190 Å². The van der Waals surface area contributed by atoms with Crippen LogP contribution in [0.2, 0.25) is 5.02 Å². The van der Waals surface area contributed by atoms with E-state index in [1.807, 2.05) is 0 Å². The van der Waals surface area contributed by atoms with Crippen molar-refractivity contribution in [3.05, 3.63) is 75.8 Å². The molecule has 0 aromatic heterocycles. The zero-order chi connectivity index (χ0) is 23.3. The van der Waals surface area contributed by atoms with E-state index in [9.17, 15) is 19.5 Å². The fourth-order valence-corrected chi connectivity index (χ4v) is 3.67. The number of likely N-dealkylation sites (tertiary alicyclic amines) is 1. The fourth-order valence-electron chi connectivity index (χ4n) is 3.54. The van der Waals surface area contributed by atoms with Gasteiger partial charge in [-0.3, -0.25) is 9.59 Å². The van der Waals surface area contributed by atoms with Crippen molar-refractivity contribution in [2.75, 3.05) is 33.4 Å². The standard InChI is InChI=1S/C23H23ClN2O6/c1-32-23(31)16-4-2-14(3-5-16)19-18(20(28)15-6-8-17(24)9-7-15)21(29)22(30)26(19)12-10-25-11-13-27/h2-9,19,25,27-28H,10-13H2,1H3/t19-/m0/s1. The Morgan fingerprint density at radius 1 is 1.06 bits per heavy atom. The van der Waals surface area contributed by atoms with Gasteiger partial charge in [0.25, 0.3) is 11.7 Å². The van der Waals surface area contributed by atoms with E-state index < -0.39 is 23.7 Å². The van der Waals surface area contributed by atoms with Crippen molar-refractivity contribution in [1.82, 2.24) is 10.2 Å². The van der Waals surface area contributed by atoms with Gasteiger partial charge in [0.1, 0.15) is 5.76 Å². The summed E-state index contributed by atoms with van der Waals surface area (Å²) in [6.07, 6.45) is 0. The van der Waals surface area contributed by atoms with E-state index in [1.54, 1.807) is 36.4 Å². The SMILES string of the molecule is COC(=O)c1ccc([C@H]2C(=C(O)c3ccc(Cl)cc3)C(=O)C(=O)N2CCNCCO)cc1. The number of aliphatic hydroxyl groups is 2. The van der Waals surface area contributed by atoms with Gasteiger partial charge in [0.2, 0.25) is 0 Å². The topological polar surface area (TPSA) is 116 Å². The monoisotopic (exact) mass is 458 g/mol. The minimum Gasteiger partial charge on any atom is -0.507 e. The van der Waals surface area contributed by atoms with Crippen molar-refractivity contribution in [3.63, 3.8) is 0 Å². The first-order valence-corrected chi connectivity index (χ1v) is 10.3. The van der Waals surface area contributed by atoms with Crippen molar-refractivity contribution in [3.8, 4) is 0 Å². The van der Waals surface area contributed by atoms with E-state index in [0.717, 1.165) is 0 Å². The summed E-state index contributed by atoms with van der Waals surface area (Å²) in [6, 6.07) is 11.7. The fraction of sp³-hybridized carbons (Fsp3) is 0.261. The number of aliphatic hydroxyl groups excluding tert-OH is 2. The van der Waals surface area contributed by atoms with Gasteiger partial charge in [-0.1, -0.05) is 23.7 Å². The average molecular weight is 459 g/mol. The Balaban J connectivity index is 2.06. The van der Waals surface area contributed by atoms with E-state index >= 15 is 0 Å². The molecular weight excluding hydrogens is 436 g/mol. The number of esters is 1. The second-order valence-corrected chi connectivity index (χ2v) is 7.52. The number of hydrogen-bond donors (Lipinski definition) is 3. The Hall–Kier alpha value is -3.20. The summed E-state index contributed by atoms with van der Waals surface area (Å²) in [4.78, 5) is 38.9. The van der Waals surface area contributed by atoms with Crippen LogP contribution in [0.3, 0.4) is 0 Å².